The molecular formula is C20H24ClN3O3S2. The SMILES string of the molecule is CN1CCN(S(=O)(=O)c2cccc(NC(=O)CCSc3ccc(Cl)cc3)c2)CC1. The maximum Gasteiger partial charge on any atom is 0.243 e. The summed E-state index contributed by atoms with van der Waals surface area (Å²) >= 11 is 7.43. The van der Waals surface area contributed by atoms with Gasteiger partial charge in [-0.2, -0.15) is 4.31 Å². The van der Waals surface area contributed by atoms with E-state index in [-0.39, 0.29) is 10.8 Å². The van der Waals surface area contributed by atoms with E-state index in [9.17, 15) is 13.2 Å². The number of likely N-dealkylation sites (N-methyl/N-ethyl adjacent to an activating group) is 1. The molecule has 1 fully saturated rings. The van der Waals surface area contributed by atoms with Crippen LogP contribution in [0, 0.1) is 0 Å². The Kier molecular flexibility index (Phi) is 7.59. The number of thioether (sulfide) groups is 1. The molecule has 1 heterocycles. The average Bonchev–Trinajstić information content (AvgIpc) is 2.70. The van der Waals surface area contributed by atoms with Crippen molar-refractivity contribution in [2.75, 3.05) is 44.3 Å². The molecule has 0 radical (unpaired) electrons. The monoisotopic (exact) mass is 453 g/mol. The molecule has 0 spiro atoms. The van der Waals surface area contributed by atoms with Crippen molar-refractivity contribution in [2.45, 2.75) is 16.2 Å². The number of sulfonamides is 1. The van der Waals surface area contributed by atoms with E-state index in [4.69, 9.17) is 11.6 Å². The lowest BCUT2D eigenvalue weighted by molar-refractivity contribution is -0.115. The number of nitrogens with zero attached hydrogens (tertiary/aromatic N) is 2. The maximum absolute atomic E-state index is 12.9. The number of nitrogens with one attached hydrogen (secondary N) is 1. The highest BCUT2D eigenvalue weighted by Crippen LogP contribution is 2.23. The van der Waals surface area contributed by atoms with Crippen LogP contribution in [0.1, 0.15) is 6.42 Å². The van der Waals surface area contributed by atoms with Crippen LogP contribution in [-0.2, 0) is 14.8 Å². The Bertz CT molecular complexity index is 944. The van der Waals surface area contributed by atoms with E-state index >= 15 is 0 Å². The van der Waals surface area contributed by atoms with Crippen molar-refractivity contribution in [3.63, 3.8) is 0 Å². The number of carbonyl (C=O) groups excluding carboxylic acids is 1. The van der Waals surface area contributed by atoms with Crippen molar-refractivity contribution >= 4 is 45.0 Å². The summed E-state index contributed by atoms with van der Waals surface area (Å²) in [6, 6.07) is 13.9. The molecular weight excluding hydrogens is 430 g/mol. The van der Waals surface area contributed by atoms with Crippen LogP contribution < -0.4 is 5.32 Å². The fourth-order valence-corrected chi connectivity index (χ4v) is 5.37. The third kappa shape index (κ3) is 6.20. The Balaban J connectivity index is 1.56. The first-order valence-corrected chi connectivity index (χ1v) is 12.1. The largest absolute Gasteiger partial charge is 0.326 e. The van der Waals surface area contributed by atoms with Gasteiger partial charge in [-0.25, -0.2) is 8.42 Å². The summed E-state index contributed by atoms with van der Waals surface area (Å²) in [4.78, 5) is 15.6. The Morgan fingerprint density at radius 2 is 1.79 bits per heavy atom. The molecule has 1 saturated heterocycles. The van der Waals surface area contributed by atoms with Crippen molar-refractivity contribution in [3.05, 3.63) is 53.6 Å². The van der Waals surface area contributed by atoms with E-state index in [1.165, 1.54) is 10.4 Å². The van der Waals surface area contributed by atoms with Crippen molar-refractivity contribution < 1.29 is 13.2 Å². The first kappa shape index (κ1) is 22.1. The van der Waals surface area contributed by atoms with Gasteiger partial charge in [-0.15, -0.1) is 11.8 Å². The van der Waals surface area contributed by atoms with Crippen molar-refractivity contribution in [3.8, 4) is 0 Å². The summed E-state index contributed by atoms with van der Waals surface area (Å²) in [6.45, 7) is 2.36. The molecule has 0 saturated carbocycles. The van der Waals surface area contributed by atoms with Gasteiger partial charge in [-0.05, 0) is 49.5 Å². The second-order valence-corrected chi connectivity index (χ2v) is 10.4. The summed E-state index contributed by atoms with van der Waals surface area (Å²) in [5.41, 5.74) is 0.488. The highest BCUT2D eigenvalue weighted by molar-refractivity contribution is 7.99. The fourth-order valence-electron chi connectivity index (χ4n) is 2.93. The summed E-state index contributed by atoms with van der Waals surface area (Å²) in [6.07, 6.45) is 0.322. The minimum atomic E-state index is -3.56. The molecule has 9 heteroatoms. The normalized spacial score (nSPS) is 15.9. The number of carbonyl (C=O) groups is 1. The average molecular weight is 454 g/mol. The molecule has 0 bridgehead atoms. The van der Waals surface area contributed by atoms with Gasteiger partial charge in [-0.1, -0.05) is 17.7 Å². The summed E-state index contributed by atoms with van der Waals surface area (Å²) in [5, 5.41) is 3.47. The highest BCUT2D eigenvalue weighted by atomic mass is 35.5. The smallest absolute Gasteiger partial charge is 0.243 e. The number of halogens is 1. The molecule has 2 aromatic carbocycles. The predicted molar refractivity (Wildman–Crippen MR) is 118 cm³/mol. The van der Waals surface area contributed by atoms with Gasteiger partial charge < -0.3 is 10.2 Å². The van der Waals surface area contributed by atoms with Gasteiger partial charge in [-0.3, -0.25) is 4.79 Å². The number of hydrogen-bond donors (Lipinski definition) is 1. The highest BCUT2D eigenvalue weighted by Gasteiger charge is 2.27. The molecule has 156 valence electrons. The minimum absolute atomic E-state index is 0.152. The van der Waals surface area contributed by atoms with Crippen LogP contribution in [0.4, 0.5) is 5.69 Å². The molecule has 6 nitrogen and oxygen atoms in total. The predicted octanol–water partition coefficient (Wildman–Crippen LogP) is 3.40. The van der Waals surface area contributed by atoms with E-state index in [1.54, 1.807) is 30.0 Å². The number of amides is 1. The molecule has 1 N–H and O–H groups in total. The van der Waals surface area contributed by atoms with Crippen LogP contribution in [-0.4, -0.2) is 62.5 Å². The molecule has 0 unspecified atom stereocenters. The molecule has 0 aliphatic carbocycles. The van der Waals surface area contributed by atoms with Crippen LogP contribution in [0.5, 0.6) is 0 Å². The first-order chi connectivity index (χ1) is 13.8. The minimum Gasteiger partial charge on any atom is -0.326 e. The van der Waals surface area contributed by atoms with Gasteiger partial charge in [0.05, 0.1) is 4.90 Å². The van der Waals surface area contributed by atoms with E-state index in [1.807, 2.05) is 31.3 Å². The van der Waals surface area contributed by atoms with Gasteiger partial charge in [0.1, 0.15) is 0 Å². The van der Waals surface area contributed by atoms with Crippen LogP contribution in [0.25, 0.3) is 0 Å². The lowest BCUT2D eigenvalue weighted by atomic mass is 10.3. The molecule has 0 aromatic heterocycles. The number of benzene rings is 2. The molecule has 1 aliphatic heterocycles. The van der Waals surface area contributed by atoms with Crippen molar-refractivity contribution in [1.29, 1.82) is 0 Å². The standard InChI is InChI=1S/C20H24ClN3O3S2/c1-23-10-12-24(13-11-23)29(26,27)19-4-2-3-17(15-19)22-20(25)9-14-28-18-7-5-16(21)6-8-18/h2-8,15H,9-14H2,1H3,(H,22,25). The Morgan fingerprint density at radius 1 is 1.10 bits per heavy atom. The van der Waals surface area contributed by atoms with Crippen LogP contribution in [0.2, 0.25) is 5.02 Å². The Hall–Kier alpha value is -1.58. The van der Waals surface area contributed by atoms with E-state index in [2.05, 4.69) is 10.2 Å². The molecule has 1 aliphatic rings. The van der Waals surface area contributed by atoms with E-state index < -0.39 is 10.0 Å². The van der Waals surface area contributed by atoms with E-state index in [0.29, 0.717) is 49.1 Å². The Morgan fingerprint density at radius 3 is 2.48 bits per heavy atom. The molecule has 29 heavy (non-hydrogen) atoms. The van der Waals surface area contributed by atoms with Crippen LogP contribution in [0.3, 0.4) is 0 Å². The third-order valence-electron chi connectivity index (χ3n) is 4.63. The number of rotatable bonds is 7. The van der Waals surface area contributed by atoms with Crippen molar-refractivity contribution in [2.24, 2.45) is 0 Å². The quantitative estimate of drug-likeness (QED) is 0.650. The van der Waals surface area contributed by atoms with Gasteiger partial charge in [0.15, 0.2) is 0 Å². The lowest BCUT2D eigenvalue weighted by Crippen LogP contribution is -2.47. The van der Waals surface area contributed by atoms with Gasteiger partial charge in [0.2, 0.25) is 15.9 Å². The molecule has 1 amide bonds. The fraction of sp³-hybridized carbons (Fsp3) is 0.350. The molecule has 3 rings (SSSR count). The second kappa shape index (κ2) is 9.95. The van der Waals surface area contributed by atoms with Gasteiger partial charge >= 0.3 is 0 Å². The zero-order chi connectivity index (χ0) is 20.9. The number of anilines is 1. The Labute approximate surface area is 181 Å². The van der Waals surface area contributed by atoms with Crippen LogP contribution in [0.15, 0.2) is 58.3 Å². The number of hydrogen-bond acceptors (Lipinski definition) is 5. The van der Waals surface area contributed by atoms with E-state index in [0.717, 1.165) is 4.90 Å². The summed E-state index contributed by atoms with van der Waals surface area (Å²) in [5.74, 6) is 0.466. The van der Waals surface area contributed by atoms with Crippen molar-refractivity contribution in [1.82, 2.24) is 9.21 Å². The molecule has 2 aromatic rings. The van der Waals surface area contributed by atoms with Gasteiger partial charge in [0.25, 0.3) is 0 Å². The maximum atomic E-state index is 12.9. The summed E-state index contributed by atoms with van der Waals surface area (Å²) in [7, 11) is -1.58. The van der Waals surface area contributed by atoms with Crippen LogP contribution >= 0.6 is 23.4 Å². The molecule has 0 atom stereocenters. The first-order valence-electron chi connectivity index (χ1n) is 9.31. The third-order valence-corrected chi connectivity index (χ3v) is 7.79. The zero-order valence-corrected chi connectivity index (χ0v) is 18.6. The second-order valence-electron chi connectivity index (χ2n) is 6.84. The van der Waals surface area contributed by atoms with Gasteiger partial charge in [0, 0.05) is 54.0 Å². The summed E-state index contributed by atoms with van der Waals surface area (Å²) < 4.78 is 27.2. The topological polar surface area (TPSA) is 69.7 Å². The lowest BCUT2D eigenvalue weighted by Gasteiger charge is -2.31. The number of piperazine rings is 1. The zero-order valence-electron chi connectivity index (χ0n) is 16.2.